The summed E-state index contributed by atoms with van der Waals surface area (Å²) in [6.45, 7) is 6.26. The maximum atomic E-state index is 13.5. The van der Waals surface area contributed by atoms with Crippen molar-refractivity contribution in [2.75, 3.05) is 50.0 Å². The molecule has 1 aliphatic rings. The van der Waals surface area contributed by atoms with Gasteiger partial charge in [-0.2, -0.15) is 0 Å². The second kappa shape index (κ2) is 7.63. The third kappa shape index (κ3) is 3.83. The van der Waals surface area contributed by atoms with E-state index in [1.54, 1.807) is 6.07 Å². The van der Waals surface area contributed by atoms with Crippen molar-refractivity contribution in [3.8, 4) is 0 Å². The van der Waals surface area contributed by atoms with Crippen molar-refractivity contribution in [1.29, 1.82) is 0 Å². The van der Waals surface area contributed by atoms with Crippen LogP contribution in [0.15, 0.2) is 52.3 Å². The number of hydrogen-bond acceptors (Lipinski definition) is 5. The SMILES string of the molecule is CCNc1cc(N2CCN(C)CC2)ccc1S(=O)(=O)c1cccc(F)c1. The summed E-state index contributed by atoms with van der Waals surface area (Å²) >= 11 is 0. The van der Waals surface area contributed by atoms with Gasteiger partial charge in [0.15, 0.2) is 0 Å². The molecule has 2 aromatic rings. The summed E-state index contributed by atoms with van der Waals surface area (Å²) in [5.74, 6) is -0.565. The summed E-state index contributed by atoms with van der Waals surface area (Å²) in [5, 5.41) is 3.14. The van der Waals surface area contributed by atoms with Crippen LogP contribution in [0.25, 0.3) is 0 Å². The van der Waals surface area contributed by atoms with E-state index < -0.39 is 15.7 Å². The lowest BCUT2D eigenvalue weighted by molar-refractivity contribution is 0.313. The molecule has 3 rings (SSSR count). The zero-order valence-corrected chi connectivity index (χ0v) is 15.9. The van der Waals surface area contributed by atoms with Crippen LogP contribution in [0.1, 0.15) is 6.92 Å². The number of piperazine rings is 1. The van der Waals surface area contributed by atoms with Gasteiger partial charge < -0.3 is 15.1 Å². The van der Waals surface area contributed by atoms with Gasteiger partial charge in [-0.15, -0.1) is 0 Å². The van der Waals surface area contributed by atoms with Gasteiger partial charge in [0.2, 0.25) is 9.84 Å². The van der Waals surface area contributed by atoms with Gasteiger partial charge in [0.25, 0.3) is 0 Å². The van der Waals surface area contributed by atoms with Gasteiger partial charge in [-0.05, 0) is 50.4 Å². The van der Waals surface area contributed by atoms with Crippen molar-refractivity contribution < 1.29 is 12.8 Å². The zero-order chi connectivity index (χ0) is 18.7. The molecule has 0 aromatic heterocycles. The summed E-state index contributed by atoms with van der Waals surface area (Å²) in [4.78, 5) is 4.65. The minimum Gasteiger partial charge on any atom is -0.384 e. The molecule has 1 heterocycles. The maximum absolute atomic E-state index is 13.5. The molecular formula is C19H24FN3O2S. The quantitative estimate of drug-likeness (QED) is 0.868. The highest BCUT2D eigenvalue weighted by Crippen LogP contribution is 2.32. The fourth-order valence-electron chi connectivity index (χ4n) is 3.10. The summed E-state index contributed by atoms with van der Waals surface area (Å²) in [7, 11) is -1.71. The molecular weight excluding hydrogens is 353 g/mol. The molecule has 26 heavy (non-hydrogen) atoms. The molecule has 0 bridgehead atoms. The Morgan fingerprint density at radius 2 is 1.81 bits per heavy atom. The van der Waals surface area contributed by atoms with Crippen LogP contribution >= 0.6 is 0 Å². The highest BCUT2D eigenvalue weighted by atomic mass is 32.2. The standard InChI is InChI=1S/C19H24FN3O2S/c1-3-21-18-14-16(23-11-9-22(2)10-12-23)7-8-19(18)26(24,25)17-6-4-5-15(20)13-17/h4-8,13-14,21H,3,9-12H2,1-2H3. The monoisotopic (exact) mass is 377 g/mol. The first-order chi connectivity index (χ1) is 12.4. The summed E-state index contributed by atoms with van der Waals surface area (Å²) in [6.07, 6.45) is 0. The van der Waals surface area contributed by atoms with E-state index in [4.69, 9.17) is 0 Å². The Balaban J connectivity index is 1.99. The van der Waals surface area contributed by atoms with Crippen molar-refractivity contribution in [2.24, 2.45) is 0 Å². The molecule has 2 aromatic carbocycles. The van der Waals surface area contributed by atoms with Gasteiger partial charge in [0, 0.05) is 38.4 Å². The molecule has 0 spiro atoms. The van der Waals surface area contributed by atoms with Crippen molar-refractivity contribution in [1.82, 2.24) is 4.90 Å². The van der Waals surface area contributed by atoms with E-state index in [-0.39, 0.29) is 9.79 Å². The number of nitrogens with one attached hydrogen (secondary N) is 1. The Morgan fingerprint density at radius 3 is 2.46 bits per heavy atom. The highest BCUT2D eigenvalue weighted by Gasteiger charge is 2.23. The molecule has 0 aliphatic carbocycles. The lowest BCUT2D eigenvalue weighted by atomic mass is 10.2. The first-order valence-electron chi connectivity index (χ1n) is 8.74. The van der Waals surface area contributed by atoms with E-state index in [2.05, 4.69) is 22.2 Å². The van der Waals surface area contributed by atoms with Gasteiger partial charge >= 0.3 is 0 Å². The average molecular weight is 377 g/mol. The minimum absolute atomic E-state index is 0.0380. The summed E-state index contributed by atoms with van der Waals surface area (Å²) < 4.78 is 39.5. The Hall–Kier alpha value is -2.12. The van der Waals surface area contributed by atoms with Crippen LogP contribution in [-0.4, -0.2) is 53.1 Å². The smallest absolute Gasteiger partial charge is 0.208 e. The topological polar surface area (TPSA) is 52.6 Å². The number of nitrogens with zero attached hydrogens (tertiary/aromatic N) is 2. The fraction of sp³-hybridized carbons (Fsp3) is 0.368. The molecule has 140 valence electrons. The zero-order valence-electron chi connectivity index (χ0n) is 15.1. The van der Waals surface area contributed by atoms with Gasteiger partial charge in [-0.1, -0.05) is 6.07 Å². The second-order valence-electron chi connectivity index (χ2n) is 6.46. The minimum atomic E-state index is -3.80. The van der Waals surface area contributed by atoms with Crippen molar-refractivity contribution >= 4 is 21.2 Å². The number of likely N-dealkylation sites (N-methyl/N-ethyl adjacent to an activating group) is 1. The number of rotatable bonds is 5. The Bertz CT molecular complexity index is 878. The van der Waals surface area contributed by atoms with Crippen molar-refractivity contribution in [3.63, 3.8) is 0 Å². The van der Waals surface area contributed by atoms with Gasteiger partial charge in [-0.25, -0.2) is 12.8 Å². The van der Waals surface area contributed by atoms with Crippen LogP contribution in [-0.2, 0) is 9.84 Å². The van der Waals surface area contributed by atoms with Crippen LogP contribution in [0, 0.1) is 5.82 Å². The third-order valence-electron chi connectivity index (χ3n) is 4.59. The first kappa shape index (κ1) is 18.7. The van der Waals surface area contributed by atoms with Gasteiger partial charge in [-0.3, -0.25) is 0 Å². The number of hydrogen-bond donors (Lipinski definition) is 1. The fourth-order valence-corrected chi connectivity index (χ4v) is 4.55. The molecule has 0 radical (unpaired) electrons. The van der Waals surface area contributed by atoms with Gasteiger partial charge in [0.1, 0.15) is 5.82 Å². The highest BCUT2D eigenvalue weighted by molar-refractivity contribution is 7.91. The van der Waals surface area contributed by atoms with E-state index in [9.17, 15) is 12.8 Å². The lowest BCUT2D eigenvalue weighted by Gasteiger charge is -2.34. The predicted molar refractivity (Wildman–Crippen MR) is 102 cm³/mol. The van der Waals surface area contributed by atoms with Crippen molar-refractivity contribution in [3.05, 3.63) is 48.3 Å². The molecule has 1 aliphatic heterocycles. The van der Waals surface area contributed by atoms with Crippen LogP contribution in [0.2, 0.25) is 0 Å². The molecule has 0 amide bonds. The van der Waals surface area contributed by atoms with Gasteiger partial charge in [0.05, 0.1) is 15.5 Å². The van der Waals surface area contributed by atoms with E-state index in [0.717, 1.165) is 37.9 Å². The van der Waals surface area contributed by atoms with Crippen LogP contribution < -0.4 is 10.2 Å². The van der Waals surface area contributed by atoms with E-state index >= 15 is 0 Å². The Morgan fingerprint density at radius 1 is 1.08 bits per heavy atom. The number of sulfone groups is 1. The summed E-state index contributed by atoms with van der Waals surface area (Å²) in [6, 6.07) is 10.4. The number of halogens is 1. The number of anilines is 2. The van der Waals surface area contributed by atoms with Crippen LogP contribution in [0.4, 0.5) is 15.8 Å². The molecule has 0 saturated carbocycles. The number of benzene rings is 2. The molecule has 1 N–H and O–H groups in total. The summed E-state index contributed by atoms with van der Waals surface area (Å²) in [5.41, 5.74) is 1.54. The first-order valence-corrected chi connectivity index (χ1v) is 10.2. The predicted octanol–water partition coefficient (Wildman–Crippen LogP) is 2.84. The average Bonchev–Trinajstić information content (AvgIpc) is 2.62. The second-order valence-corrected chi connectivity index (χ2v) is 8.38. The lowest BCUT2D eigenvalue weighted by Crippen LogP contribution is -2.44. The van der Waals surface area contributed by atoms with Crippen molar-refractivity contribution in [2.45, 2.75) is 16.7 Å². The third-order valence-corrected chi connectivity index (χ3v) is 6.40. The maximum Gasteiger partial charge on any atom is 0.208 e. The molecule has 7 heteroatoms. The Kier molecular flexibility index (Phi) is 5.48. The van der Waals surface area contributed by atoms with E-state index in [0.29, 0.717) is 12.2 Å². The van der Waals surface area contributed by atoms with Crippen LogP contribution in [0.5, 0.6) is 0 Å². The normalized spacial score (nSPS) is 15.9. The van der Waals surface area contributed by atoms with E-state index in [1.165, 1.54) is 18.2 Å². The molecule has 1 fully saturated rings. The molecule has 5 nitrogen and oxygen atoms in total. The van der Waals surface area contributed by atoms with E-state index in [1.807, 2.05) is 19.1 Å². The van der Waals surface area contributed by atoms with Crippen LogP contribution in [0.3, 0.4) is 0 Å². The Labute approximate surface area is 154 Å². The molecule has 1 saturated heterocycles. The molecule has 0 atom stereocenters. The largest absolute Gasteiger partial charge is 0.384 e. The molecule has 0 unspecified atom stereocenters.